The zero-order valence-electron chi connectivity index (χ0n) is 8.54. The summed E-state index contributed by atoms with van der Waals surface area (Å²) < 4.78 is 0. The Hall–Kier alpha value is -2.00. The van der Waals surface area contributed by atoms with Crippen LogP contribution in [0.4, 0.5) is 17.3 Å². The van der Waals surface area contributed by atoms with Gasteiger partial charge in [-0.25, -0.2) is 15.8 Å². The van der Waals surface area contributed by atoms with Gasteiger partial charge in [0.25, 0.3) is 0 Å². The summed E-state index contributed by atoms with van der Waals surface area (Å²) in [5.41, 5.74) is 1.75. The molecule has 0 aromatic carbocycles. The van der Waals surface area contributed by atoms with Crippen molar-refractivity contribution in [3.8, 4) is 0 Å². The molecule has 16 heavy (non-hydrogen) atoms. The van der Waals surface area contributed by atoms with Gasteiger partial charge < -0.3 is 15.8 Å². The van der Waals surface area contributed by atoms with E-state index in [1.165, 1.54) is 0 Å². The molecule has 0 aliphatic carbocycles. The van der Waals surface area contributed by atoms with Gasteiger partial charge in [0.05, 0.1) is 11.0 Å². The van der Waals surface area contributed by atoms with E-state index in [9.17, 15) is 10.1 Å². The van der Waals surface area contributed by atoms with Crippen molar-refractivity contribution in [2.75, 3.05) is 17.3 Å². The molecule has 88 valence electrons. The zero-order valence-corrected chi connectivity index (χ0v) is 8.54. The number of nitrogens with zero attached hydrogens (tertiary/aromatic N) is 3. The van der Waals surface area contributed by atoms with Gasteiger partial charge in [0, 0.05) is 6.54 Å². The van der Waals surface area contributed by atoms with Crippen molar-refractivity contribution in [1.82, 2.24) is 9.97 Å². The third-order valence-electron chi connectivity index (χ3n) is 1.71. The highest BCUT2D eigenvalue weighted by molar-refractivity contribution is 5.68. The van der Waals surface area contributed by atoms with Gasteiger partial charge in [-0.15, -0.1) is 0 Å². The highest BCUT2D eigenvalue weighted by atomic mass is 16.6. The molecule has 0 saturated heterocycles. The predicted molar refractivity (Wildman–Crippen MR) is 56.7 cm³/mol. The van der Waals surface area contributed by atoms with Crippen LogP contribution in [0.1, 0.15) is 6.92 Å². The summed E-state index contributed by atoms with van der Waals surface area (Å²) in [5, 5.41) is 22.5. The third-order valence-corrected chi connectivity index (χ3v) is 1.71. The molecule has 9 heteroatoms. The minimum atomic E-state index is -0.653. The van der Waals surface area contributed by atoms with Crippen molar-refractivity contribution in [3.05, 3.63) is 16.4 Å². The van der Waals surface area contributed by atoms with Crippen molar-refractivity contribution in [2.24, 2.45) is 5.84 Å². The van der Waals surface area contributed by atoms with E-state index < -0.39 is 11.0 Å². The lowest BCUT2D eigenvalue weighted by Crippen LogP contribution is -2.18. The van der Waals surface area contributed by atoms with Gasteiger partial charge in [-0.05, 0) is 6.92 Å². The van der Waals surface area contributed by atoms with E-state index in [1.54, 1.807) is 6.92 Å². The Balaban J connectivity index is 3.02. The van der Waals surface area contributed by atoms with Crippen LogP contribution in [0.5, 0.6) is 0 Å². The molecule has 0 radical (unpaired) electrons. The Morgan fingerprint density at radius 3 is 2.75 bits per heavy atom. The first-order valence-electron chi connectivity index (χ1n) is 4.44. The van der Waals surface area contributed by atoms with Crippen LogP contribution in [0.15, 0.2) is 6.33 Å². The van der Waals surface area contributed by atoms with Gasteiger partial charge in [-0.2, -0.15) is 0 Å². The zero-order chi connectivity index (χ0) is 12.1. The SMILES string of the molecule is CC(O)CNc1ncnc(NN)c1[N+](=O)[O-]. The van der Waals surface area contributed by atoms with E-state index in [0.717, 1.165) is 6.33 Å². The number of anilines is 2. The van der Waals surface area contributed by atoms with Gasteiger partial charge in [0.15, 0.2) is 0 Å². The van der Waals surface area contributed by atoms with Crippen LogP contribution >= 0.6 is 0 Å². The molecular formula is C7H12N6O3. The molecule has 0 bridgehead atoms. The van der Waals surface area contributed by atoms with Crippen LogP contribution in [0.3, 0.4) is 0 Å². The van der Waals surface area contributed by atoms with Crippen molar-refractivity contribution < 1.29 is 10.0 Å². The van der Waals surface area contributed by atoms with Crippen molar-refractivity contribution in [3.63, 3.8) is 0 Å². The fourth-order valence-corrected chi connectivity index (χ4v) is 1.03. The lowest BCUT2D eigenvalue weighted by molar-refractivity contribution is -0.383. The second-order valence-electron chi connectivity index (χ2n) is 3.05. The maximum absolute atomic E-state index is 10.8. The molecule has 0 fully saturated rings. The fraction of sp³-hybridized carbons (Fsp3) is 0.429. The van der Waals surface area contributed by atoms with Crippen LogP contribution in [-0.4, -0.2) is 32.6 Å². The fourth-order valence-electron chi connectivity index (χ4n) is 1.03. The number of hydrazine groups is 1. The van der Waals surface area contributed by atoms with Crippen molar-refractivity contribution in [1.29, 1.82) is 0 Å². The van der Waals surface area contributed by atoms with E-state index in [4.69, 9.17) is 10.9 Å². The number of hydrogen-bond acceptors (Lipinski definition) is 8. The summed E-state index contributed by atoms with van der Waals surface area (Å²) in [6, 6.07) is 0. The molecule has 1 heterocycles. The number of nitrogens with one attached hydrogen (secondary N) is 2. The van der Waals surface area contributed by atoms with Crippen LogP contribution in [0.2, 0.25) is 0 Å². The molecule has 0 saturated carbocycles. The quantitative estimate of drug-likeness (QED) is 0.299. The molecule has 0 aliphatic heterocycles. The van der Waals surface area contributed by atoms with Crippen LogP contribution in [0.25, 0.3) is 0 Å². The Bertz CT molecular complexity index is 382. The monoisotopic (exact) mass is 228 g/mol. The predicted octanol–water partition coefficient (Wildman–Crippen LogP) is -0.537. The Kier molecular flexibility index (Phi) is 3.91. The molecule has 1 unspecified atom stereocenters. The lowest BCUT2D eigenvalue weighted by Gasteiger charge is -2.09. The molecule has 5 N–H and O–H groups in total. The molecule has 1 aromatic rings. The number of rotatable bonds is 5. The molecule has 9 nitrogen and oxygen atoms in total. The number of aromatic nitrogens is 2. The van der Waals surface area contributed by atoms with Crippen LogP contribution in [-0.2, 0) is 0 Å². The van der Waals surface area contributed by atoms with E-state index in [1.807, 2.05) is 0 Å². The Labute approximate surface area is 90.8 Å². The molecule has 1 atom stereocenters. The van der Waals surface area contributed by atoms with Crippen molar-refractivity contribution >= 4 is 17.3 Å². The highest BCUT2D eigenvalue weighted by Crippen LogP contribution is 2.27. The van der Waals surface area contributed by atoms with Gasteiger partial charge in [0.1, 0.15) is 6.33 Å². The number of nitro groups is 1. The second-order valence-corrected chi connectivity index (χ2v) is 3.05. The molecule has 0 spiro atoms. The highest BCUT2D eigenvalue weighted by Gasteiger charge is 2.22. The number of nitrogens with two attached hydrogens (primary N) is 1. The normalized spacial score (nSPS) is 11.9. The minimum absolute atomic E-state index is 0.00819. The topological polar surface area (TPSA) is 139 Å². The summed E-state index contributed by atoms with van der Waals surface area (Å²) in [5.74, 6) is 5.01. The molecule has 1 aromatic heterocycles. The summed E-state index contributed by atoms with van der Waals surface area (Å²) in [7, 11) is 0. The summed E-state index contributed by atoms with van der Waals surface area (Å²) >= 11 is 0. The maximum atomic E-state index is 10.8. The average Bonchev–Trinajstić information content (AvgIpc) is 2.25. The van der Waals surface area contributed by atoms with E-state index >= 15 is 0 Å². The van der Waals surface area contributed by atoms with E-state index in [2.05, 4.69) is 20.7 Å². The minimum Gasteiger partial charge on any atom is -0.392 e. The Morgan fingerprint density at radius 1 is 1.62 bits per heavy atom. The van der Waals surface area contributed by atoms with Crippen LogP contribution < -0.4 is 16.6 Å². The summed E-state index contributed by atoms with van der Waals surface area (Å²) in [4.78, 5) is 17.4. The number of aliphatic hydroxyl groups is 1. The average molecular weight is 228 g/mol. The Morgan fingerprint density at radius 2 is 2.25 bits per heavy atom. The van der Waals surface area contributed by atoms with Gasteiger partial charge in [-0.3, -0.25) is 10.1 Å². The second kappa shape index (κ2) is 5.19. The molecular weight excluding hydrogens is 216 g/mol. The van der Waals surface area contributed by atoms with E-state index in [0.29, 0.717) is 0 Å². The van der Waals surface area contributed by atoms with Gasteiger partial charge >= 0.3 is 5.69 Å². The van der Waals surface area contributed by atoms with Gasteiger partial charge in [0.2, 0.25) is 11.6 Å². The first-order chi connectivity index (χ1) is 7.56. The summed E-state index contributed by atoms with van der Waals surface area (Å²) in [6.45, 7) is 1.68. The van der Waals surface area contributed by atoms with Gasteiger partial charge in [-0.1, -0.05) is 0 Å². The van der Waals surface area contributed by atoms with E-state index in [-0.39, 0.29) is 23.9 Å². The molecule has 1 rings (SSSR count). The van der Waals surface area contributed by atoms with Crippen LogP contribution in [0, 0.1) is 10.1 Å². The maximum Gasteiger partial charge on any atom is 0.354 e. The first-order valence-corrected chi connectivity index (χ1v) is 4.44. The smallest absolute Gasteiger partial charge is 0.354 e. The lowest BCUT2D eigenvalue weighted by atomic mass is 10.4. The standard InChI is InChI=1S/C7H12N6O3/c1-4(14)2-9-6-5(13(15)16)7(12-8)11-3-10-6/h3-4,14H,2,8H2,1H3,(H2,9,10,11,12). The first kappa shape index (κ1) is 12.1. The molecule has 0 aliphatic rings. The molecule has 0 amide bonds. The third kappa shape index (κ3) is 2.74. The van der Waals surface area contributed by atoms with Crippen molar-refractivity contribution in [2.45, 2.75) is 13.0 Å². The largest absolute Gasteiger partial charge is 0.392 e. The number of hydrogen-bond donors (Lipinski definition) is 4. The number of nitrogen functional groups attached to an aromatic ring is 1. The summed E-state index contributed by atoms with van der Waals surface area (Å²) in [6.07, 6.45) is 0.482. The number of aliphatic hydroxyl groups excluding tert-OH is 1.